The summed E-state index contributed by atoms with van der Waals surface area (Å²) >= 11 is 0. The van der Waals surface area contributed by atoms with Gasteiger partial charge in [-0.25, -0.2) is 4.39 Å². The Morgan fingerprint density at radius 1 is 1.24 bits per heavy atom. The van der Waals surface area contributed by atoms with Gasteiger partial charge >= 0.3 is 0 Å². The lowest BCUT2D eigenvalue weighted by molar-refractivity contribution is -0.385. The van der Waals surface area contributed by atoms with Crippen molar-refractivity contribution in [3.8, 4) is 0 Å². The largest absolute Gasteiger partial charge is 0.394 e. The third-order valence-corrected chi connectivity index (χ3v) is 3.01. The highest BCUT2D eigenvalue weighted by atomic mass is 19.1. The van der Waals surface area contributed by atoms with Gasteiger partial charge in [-0.1, -0.05) is 30.3 Å². The van der Waals surface area contributed by atoms with Crippen molar-refractivity contribution in [2.75, 3.05) is 11.9 Å². The molecule has 2 aromatic rings. The third-order valence-electron chi connectivity index (χ3n) is 3.01. The molecule has 0 amide bonds. The number of nitrogens with one attached hydrogen (secondary N) is 1. The predicted molar refractivity (Wildman–Crippen MR) is 77.7 cm³/mol. The normalized spacial score (nSPS) is 11.9. The highest BCUT2D eigenvalue weighted by Crippen LogP contribution is 2.21. The monoisotopic (exact) mass is 290 g/mol. The van der Waals surface area contributed by atoms with Crippen LogP contribution in [-0.4, -0.2) is 22.7 Å². The molecule has 2 N–H and O–H groups in total. The predicted octanol–water partition coefficient (Wildman–Crippen LogP) is 2.75. The molecule has 0 aliphatic rings. The second kappa shape index (κ2) is 6.81. The summed E-state index contributed by atoms with van der Waals surface area (Å²) in [5.74, 6) is -0.692. The molecule has 6 heteroatoms. The second-order valence-electron chi connectivity index (χ2n) is 4.67. The first-order valence-electron chi connectivity index (χ1n) is 6.45. The Kier molecular flexibility index (Phi) is 4.84. The minimum Gasteiger partial charge on any atom is -0.394 e. The summed E-state index contributed by atoms with van der Waals surface area (Å²) in [5.41, 5.74) is 0.959. The van der Waals surface area contributed by atoms with Crippen molar-refractivity contribution in [1.29, 1.82) is 0 Å². The van der Waals surface area contributed by atoms with Crippen LogP contribution in [0.25, 0.3) is 0 Å². The summed E-state index contributed by atoms with van der Waals surface area (Å²) in [7, 11) is 0. The number of hydrogen-bond acceptors (Lipinski definition) is 4. The lowest BCUT2D eigenvalue weighted by Gasteiger charge is -2.17. The van der Waals surface area contributed by atoms with Crippen LogP contribution in [0.1, 0.15) is 5.56 Å². The highest BCUT2D eigenvalue weighted by Gasteiger charge is 2.13. The van der Waals surface area contributed by atoms with Gasteiger partial charge in [-0.15, -0.1) is 0 Å². The van der Waals surface area contributed by atoms with Crippen LogP contribution in [0.4, 0.5) is 15.8 Å². The molecule has 21 heavy (non-hydrogen) atoms. The number of hydrogen-bond donors (Lipinski definition) is 2. The molecule has 0 radical (unpaired) electrons. The van der Waals surface area contributed by atoms with Gasteiger partial charge in [-0.3, -0.25) is 10.1 Å². The molecule has 1 unspecified atom stereocenters. The summed E-state index contributed by atoms with van der Waals surface area (Å²) in [5, 5.41) is 23.0. The van der Waals surface area contributed by atoms with E-state index in [1.165, 1.54) is 12.1 Å². The van der Waals surface area contributed by atoms with Crippen LogP contribution in [0, 0.1) is 15.9 Å². The van der Waals surface area contributed by atoms with E-state index < -0.39 is 10.7 Å². The number of anilines is 1. The molecular weight excluding hydrogens is 275 g/mol. The minimum absolute atomic E-state index is 0.167. The van der Waals surface area contributed by atoms with Crippen molar-refractivity contribution < 1.29 is 14.4 Å². The van der Waals surface area contributed by atoms with Crippen LogP contribution in [0.15, 0.2) is 48.5 Å². The van der Waals surface area contributed by atoms with E-state index in [0.29, 0.717) is 6.42 Å². The van der Waals surface area contributed by atoms with Crippen molar-refractivity contribution in [3.63, 3.8) is 0 Å². The Morgan fingerprint density at radius 2 is 1.95 bits per heavy atom. The van der Waals surface area contributed by atoms with Crippen molar-refractivity contribution in [3.05, 3.63) is 70.0 Å². The number of nitro groups is 1. The fraction of sp³-hybridized carbons (Fsp3) is 0.200. The maximum atomic E-state index is 13.4. The van der Waals surface area contributed by atoms with Gasteiger partial charge in [0.2, 0.25) is 0 Å². The Labute approximate surface area is 121 Å². The molecule has 110 valence electrons. The topological polar surface area (TPSA) is 75.4 Å². The van der Waals surface area contributed by atoms with E-state index in [1.807, 2.05) is 30.3 Å². The maximum absolute atomic E-state index is 13.4. The second-order valence-corrected chi connectivity index (χ2v) is 4.67. The Balaban J connectivity index is 2.13. The van der Waals surface area contributed by atoms with Crippen molar-refractivity contribution in [2.24, 2.45) is 0 Å². The molecule has 0 spiro atoms. The molecule has 1 atom stereocenters. The highest BCUT2D eigenvalue weighted by molar-refractivity contribution is 5.52. The molecule has 0 aromatic heterocycles. The fourth-order valence-electron chi connectivity index (χ4n) is 2.06. The molecule has 0 bridgehead atoms. The first-order chi connectivity index (χ1) is 10.1. The molecule has 0 heterocycles. The molecule has 0 saturated carbocycles. The Morgan fingerprint density at radius 3 is 2.57 bits per heavy atom. The van der Waals surface area contributed by atoms with Crippen LogP contribution in [-0.2, 0) is 6.42 Å². The standard InChI is InChI=1S/C15H15FN2O3/c16-12-7-13(9-15(8-12)18(20)21)17-14(10-19)6-11-4-2-1-3-5-11/h1-5,7-9,14,17,19H,6,10H2. The number of rotatable bonds is 6. The van der Waals surface area contributed by atoms with E-state index in [2.05, 4.69) is 5.32 Å². The quantitative estimate of drug-likeness (QED) is 0.633. The fourth-order valence-corrected chi connectivity index (χ4v) is 2.06. The van der Waals surface area contributed by atoms with Crippen molar-refractivity contribution in [2.45, 2.75) is 12.5 Å². The van der Waals surface area contributed by atoms with Crippen molar-refractivity contribution >= 4 is 11.4 Å². The van der Waals surface area contributed by atoms with Gasteiger partial charge in [0.1, 0.15) is 5.82 Å². The van der Waals surface area contributed by atoms with E-state index in [1.54, 1.807) is 0 Å². The average Bonchev–Trinajstić information content (AvgIpc) is 2.47. The molecule has 0 fully saturated rings. The number of halogens is 1. The zero-order valence-corrected chi connectivity index (χ0v) is 11.2. The van der Waals surface area contributed by atoms with Gasteiger partial charge in [-0.05, 0) is 18.1 Å². The van der Waals surface area contributed by atoms with Crippen LogP contribution in [0.3, 0.4) is 0 Å². The summed E-state index contributed by atoms with van der Waals surface area (Å²) < 4.78 is 13.4. The van der Waals surface area contributed by atoms with E-state index >= 15 is 0 Å². The van der Waals surface area contributed by atoms with Crippen LogP contribution >= 0.6 is 0 Å². The summed E-state index contributed by atoms with van der Waals surface area (Å²) in [4.78, 5) is 10.1. The summed E-state index contributed by atoms with van der Waals surface area (Å²) in [6.07, 6.45) is 0.529. The number of non-ortho nitro benzene ring substituents is 1. The van der Waals surface area contributed by atoms with E-state index in [0.717, 1.165) is 11.6 Å². The molecular formula is C15H15FN2O3. The lowest BCUT2D eigenvalue weighted by atomic mass is 10.1. The first-order valence-corrected chi connectivity index (χ1v) is 6.45. The number of benzene rings is 2. The smallest absolute Gasteiger partial charge is 0.274 e. The Hall–Kier alpha value is -2.47. The van der Waals surface area contributed by atoms with Gasteiger partial charge in [0, 0.05) is 11.8 Å². The average molecular weight is 290 g/mol. The van der Waals surface area contributed by atoms with Gasteiger partial charge in [-0.2, -0.15) is 0 Å². The molecule has 0 aliphatic heterocycles. The van der Waals surface area contributed by atoms with Gasteiger partial charge in [0.15, 0.2) is 0 Å². The van der Waals surface area contributed by atoms with E-state index in [9.17, 15) is 19.6 Å². The van der Waals surface area contributed by atoms with Crippen LogP contribution < -0.4 is 5.32 Å². The Bertz CT molecular complexity index is 620. The number of aliphatic hydroxyl groups excluding tert-OH is 1. The van der Waals surface area contributed by atoms with Crippen molar-refractivity contribution in [1.82, 2.24) is 0 Å². The van der Waals surface area contributed by atoms with Gasteiger partial charge in [0.25, 0.3) is 5.69 Å². The van der Waals surface area contributed by atoms with Gasteiger partial charge in [0.05, 0.1) is 23.6 Å². The number of nitro benzene ring substituents is 1. The van der Waals surface area contributed by atoms with Gasteiger partial charge < -0.3 is 10.4 Å². The SMILES string of the molecule is O=[N+]([O-])c1cc(F)cc(NC(CO)Cc2ccccc2)c1. The number of aliphatic hydroxyl groups is 1. The summed E-state index contributed by atoms with van der Waals surface area (Å²) in [6, 6.07) is 12.4. The lowest BCUT2D eigenvalue weighted by Crippen LogP contribution is -2.26. The number of nitrogens with zero attached hydrogens (tertiary/aromatic N) is 1. The zero-order valence-electron chi connectivity index (χ0n) is 11.2. The minimum atomic E-state index is -0.692. The maximum Gasteiger partial charge on any atom is 0.274 e. The molecule has 0 aliphatic carbocycles. The molecule has 5 nitrogen and oxygen atoms in total. The molecule has 2 rings (SSSR count). The zero-order chi connectivity index (χ0) is 15.2. The molecule has 0 saturated heterocycles. The molecule has 2 aromatic carbocycles. The third kappa shape index (κ3) is 4.25. The summed E-state index contributed by atoms with van der Waals surface area (Å²) in [6.45, 7) is -0.167. The van der Waals surface area contributed by atoms with Crippen LogP contribution in [0.2, 0.25) is 0 Å². The van der Waals surface area contributed by atoms with E-state index in [4.69, 9.17) is 0 Å². The van der Waals surface area contributed by atoms with E-state index in [-0.39, 0.29) is 24.0 Å². The van der Waals surface area contributed by atoms with Crippen LogP contribution in [0.5, 0.6) is 0 Å². The first kappa shape index (κ1) is 14.9.